The molecule has 0 spiro atoms. The predicted octanol–water partition coefficient (Wildman–Crippen LogP) is 1.88. The average molecular weight is 346 g/mol. The van der Waals surface area contributed by atoms with Gasteiger partial charge in [0.05, 0.1) is 10.6 Å². The molecule has 0 bridgehead atoms. The van der Waals surface area contributed by atoms with Gasteiger partial charge in [-0.05, 0) is 18.2 Å². The summed E-state index contributed by atoms with van der Waals surface area (Å²) >= 11 is 1.39. The number of halogens is 2. The van der Waals surface area contributed by atoms with Gasteiger partial charge in [0.1, 0.15) is 0 Å². The van der Waals surface area contributed by atoms with Gasteiger partial charge in [0, 0.05) is 40.3 Å². The number of alkyl halides is 2. The monoisotopic (exact) mass is 346 g/mol. The second-order valence-electron chi connectivity index (χ2n) is 4.73. The molecule has 0 unspecified atom stereocenters. The second-order valence-corrected chi connectivity index (χ2v) is 7.52. The van der Waals surface area contributed by atoms with E-state index in [0.29, 0.717) is 29.5 Å². The first-order valence-electron chi connectivity index (χ1n) is 6.54. The lowest BCUT2D eigenvalue weighted by Gasteiger charge is -2.26. The number of thiophene rings is 1. The van der Waals surface area contributed by atoms with E-state index in [1.165, 1.54) is 17.4 Å². The van der Waals surface area contributed by atoms with Crippen LogP contribution in [-0.2, 0) is 20.4 Å². The number of rotatable bonds is 3. The summed E-state index contributed by atoms with van der Waals surface area (Å²) in [6.45, 7) is 1.41. The molecule has 3 heterocycles. The van der Waals surface area contributed by atoms with Gasteiger partial charge in [-0.3, -0.25) is 4.21 Å². The zero-order valence-corrected chi connectivity index (χ0v) is 13.0. The first kappa shape index (κ1) is 15.3. The van der Waals surface area contributed by atoms with Crippen LogP contribution >= 0.6 is 11.3 Å². The van der Waals surface area contributed by atoms with Crippen molar-refractivity contribution in [2.24, 2.45) is 5.16 Å². The van der Waals surface area contributed by atoms with Gasteiger partial charge in [-0.15, -0.1) is 11.3 Å². The predicted molar refractivity (Wildman–Crippen MR) is 81.9 cm³/mol. The van der Waals surface area contributed by atoms with Gasteiger partial charge in [0.2, 0.25) is 0 Å². The normalized spacial score (nSPS) is 21.6. The summed E-state index contributed by atoms with van der Waals surface area (Å²) in [6, 6.07) is 3.62. The maximum Gasteiger partial charge on any atom is 0.367 e. The Bertz CT molecular complexity index is 675. The Hall–Kier alpha value is -1.61. The Labute approximate surface area is 131 Å². The number of oxime groups is 1. The van der Waals surface area contributed by atoms with Crippen molar-refractivity contribution in [3.63, 3.8) is 0 Å². The van der Waals surface area contributed by atoms with Crippen molar-refractivity contribution in [1.29, 1.82) is 0 Å². The molecule has 0 aromatic carbocycles. The van der Waals surface area contributed by atoms with Crippen molar-refractivity contribution >= 4 is 44.9 Å². The van der Waals surface area contributed by atoms with Crippen LogP contribution in [0.4, 0.5) is 13.8 Å². The van der Waals surface area contributed by atoms with E-state index >= 15 is 0 Å². The summed E-state index contributed by atoms with van der Waals surface area (Å²) in [7, 11) is -0.756. The number of nitrogens with zero attached hydrogens (tertiary/aromatic N) is 2. The molecule has 1 saturated heterocycles. The summed E-state index contributed by atoms with van der Waals surface area (Å²) in [4.78, 5) is 18.5. The van der Waals surface area contributed by atoms with Gasteiger partial charge in [-0.2, -0.15) is 0 Å². The Balaban J connectivity index is 1.79. The molecular weight excluding hydrogens is 334 g/mol. The van der Waals surface area contributed by atoms with Crippen molar-refractivity contribution < 1.29 is 22.6 Å². The molecule has 0 saturated carbocycles. The third-order valence-corrected chi connectivity index (χ3v) is 5.69. The van der Waals surface area contributed by atoms with Crippen LogP contribution in [0.2, 0.25) is 0 Å². The highest BCUT2D eigenvalue weighted by Crippen LogP contribution is 2.30. The molecule has 2 aliphatic rings. The number of carbonyl (C=O) groups is 1. The number of carbonyl (C=O) groups excluding carboxylic acids is 1. The van der Waals surface area contributed by atoms with E-state index in [1.807, 2.05) is 6.07 Å². The van der Waals surface area contributed by atoms with E-state index < -0.39 is 28.9 Å². The van der Waals surface area contributed by atoms with Crippen LogP contribution in [0.3, 0.4) is 0 Å². The molecule has 2 aliphatic heterocycles. The molecule has 1 aromatic rings. The van der Waals surface area contributed by atoms with E-state index in [9.17, 15) is 17.8 Å². The fourth-order valence-corrected chi connectivity index (χ4v) is 4.23. The lowest BCUT2D eigenvalue weighted by molar-refractivity contribution is -0.136. The highest BCUT2D eigenvalue weighted by Gasteiger charge is 2.32. The number of hydrogen-bond acceptors (Lipinski definition) is 6. The van der Waals surface area contributed by atoms with Crippen LogP contribution in [0.5, 0.6) is 0 Å². The summed E-state index contributed by atoms with van der Waals surface area (Å²) in [6.07, 6.45) is -1.48. The van der Waals surface area contributed by atoms with E-state index in [2.05, 4.69) is 14.9 Å². The van der Waals surface area contributed by atoms with Gasteiger partial charge >= 0.3 is 5.97 Å². The van der Waals surface area contributed by atoms with Crippen molar-refractivity contribution in [2.75, 3.05) is 29.5 Å². The van der Waals surface area contributed by atoms with Gasteiger partial charge in [0.15, 0.2) is 5.71 Å². The molecule has 0 radical (unpaired) electrons. The van der Waals surface area contributed by atoms with Crippen LogP contribution in [0.1, 0.15) is 4.88 Å². The van der Waals surface area contributed by atoms with Crippen LogP contribution in [-0.4, -0.2) is 46.9 Å². The smallest absolute Gasteiger partial charge is 0.362 e. The fraction of sp³-hybridized carbons (Fsp3) is 0.385. The first-order chi connectivity index (χ1) is 10.5. The van der Waals surface area contributed by atoms with Crippen molar-refractivity contribution in [3.8, 4) is 0 Å². The van der Waals surface area contributed by atoms with Crippen LogP contribution in [0.15, 0.2) is 22.9 Å². The zero-order valence-electron chi connectivity index (χ0n) is 11.3. The molecule has 1 aromatic heterocycles. The van der Waals surface area contributed by atoms with Crippen molar-refractivity contribution in [2.45, 2.75) is 6.43 Å². The lowest BCUT2D eigenvalue weighted by Crippen LogP contribution is -2.37. The lowest BCUT2D eigenvalue weighted by atomic mass is 10.1. The van der Waals surface area contributed by atoms with Gasteiger partial charge < -0.3 is 9.74 Å². The quantitative estimate of drug-likeness (QED) is 0.619. The molecular formula is C13H12F2N2O3S2. The Kier molecular flexibility index (Phi) is 4.34. The highest BCUT2D eigenvalue weighted by atomic mass is 32.2. The van der Waals surface area contributed by atoms with E-state index in [0.717, 1.165) is 5.00 Å². The molecule has 1 fully saturated rings. The average Bonchev–Trinajstić information content (AvgIpc) is 3.08. The molecule has 118 valence electrons. The SMILES string of the molecule is O=C1ON=C(C(F)F)C1=Cc1ccc(N2CCS(=O)CC2)s1. The van der Waals surface area contributed by atoms with E-state index in [1.54, 1.807) is 6.07 Å². The zero-order chi connectivity index (χ0) is 15.7. The minimum atomic E-state index is -2.85. The maximum absolute atomic E-state index is 12.8. The maximum atomic E-state index is 12.8. The van der Waals surface area contributed by atoms with E-state index in [-0.39, 0.29) is 5.57 Å². The molecule has 0 aliphatic carbocycles. The summed E-state index contributed by atoms with van der Waals surface area (Å²) in [5.74, 6) is 0.393. The van der Waals surface area contributed by atoms with E-state index in [4.69, 9.17) is 0 Å². The van der Waals surface area contributed by atoms with Crippen LogP contribution in [0, 0.1) is 0 Å². The Morgan fingerprint density at radius 3 is 2.77 bits per heavy atom. The molecule has 0 amide bonds. The molecule has 0 N–H and O–H groups in total. The van der Waals surface area contributed by atoms with Gasteiger partial charge in [-0.1, -0.05) is 5.16 Å². The fourth-order valence-electron chi connectivity index (χ4n) is 2.17. The van der Waals surface area contributed by atoms with Crippen molar-refractivity contribution in [3.05, 3.63) is 22.6 Å². The highest BCUT2D eigenvalue weighted by molar-refractivity contribution is 7.85. The minimum Gasteiger partial charge on any atom is -0.362 e. The summed E-state index contributed by atoms with van der Waals surface area (Å²) in [5, 5.41) is 4.07. The Morgan fingerprint density at radius 1 is 1.36 bits per heavy atom. The van der Waals surface area contributed by atoms with Gasteiger partial charge in [0.25, 0.3) is 6.43 Å². The van der Waals surface area contributed by atoms with Gasteiger partial charge in [-0.25, -0.2) is 13.6 Å². The molecule has 3 rings (SSSR count). The molecule has 5 nitrogen and oxygen atoms in total. The first-order valence-corrected chi connectivity index (χ1v) is 8.84. The summed E-state index contributed by atoms with van der Waals surface area (Å²) in [5.41, 5.74) is -0.837. The number of anilines is 1. The third kappa shape index (κ3) is 3.09. The number of hydrogen-bond donors (Lipinski definition) is 0. The molecule has 22 heavy (non-hydrogen) atoms. The molecule has 0 atom stereocenters. The molecule has 9 heteroatoms. The van der Waals surface area contributed by atoms with Crippen molar-refractivity contribution in [1.82, 2.24) is 0 Å². The largest absolute Gasteiger partial charge is 0.367 e. The standard InChI is InChI=1S/C13H12F2N2O3S2/c14-12(15)11-9(13(18)20-16-11)7-8-1-2-10(21-8)17-3-5-22(19)6-4-17/h1-2,7,12H,3-6H2. The van der Waals surface area contributed by atoms with Crippen LogP contribution in [0.25, 0.3) is 6.08 Å². The minimum absolute atomic E-state index is 0.205. The topological polar surface area (TPSA) is 59.0 Å². The summed E-state index contributed by atoms with van der Waals surface area (Å²) < 4.78 is 36.9. The Morgan fingerprint density at radius 2 is 2.09 bits per heavy atom. The third-order valence-electron chi connectivity index (χ3n) is 3.32. The second kappa shape index (κ2) is 6.25. The van der Waals surface area contributed by atoms with Crippen LogP contribution < -0.4 is 4.90 Å².